The zero-order valence-corrected chi connectivity index (χ0v) is 10.4. The summed E-state index contributed by atoms with van der Waals surface area (Å²) in [6, 6.07) is 3.44. The summed E-state index contributed by atoms with van der Waals surface area (Å²) in [6.07, 6.45) is -2.65. The molecule has 0 aliphatic heterocycles. The minimum atomic E-state index is -2.65. The average molecular weight is 276 g/mol. The molecule has 0 spiro atoms. The van der Waals surface area contributed by atoms with Gasteiger partial charge >= 0.3 is 0 Å². The Morgan fingerprint density at radius 3 is 2.68 bits per heavy atom. The summed E-state index contributed by atoms with van der Waals surface area (Å²) in [5, 5.41) is 0. The average Bonchev–Trinajstić information content (AvgIpc) is 2.37. The molecule has 0 aliphatic rings. The highest BCUT2D eigenvalue weighted by Crippen LogP contribution is 2.19. The second kappa shape index (κ2) is 6.98. The molecule has 0 fully saturated rings. The zero-order chi connectivity index (χ0) is 14.4. The largest absolute Gasteiger partial charge is 0.494 e. The van der Waals surface area contributed by atoms with Gasteiger partial charge in [0.1, 0.15) is 0 Å². The van der Waals surface area contributed by atoms with Crippen LogP contribution in [0.25, 0.3) is 0 Å². The predicted molar refractivity (Wildman–Crippen MR) is 63.9 cm³/mol. The topological polar surface area (TPSA) is 55.6 Å². The smallest absolute Gasteiger partial charge is 0.255 e. The molecule has 0 bridgehead atoms. The lowest BCUT2D eigenvalue weighted by atomic mass is 10.1. The third kappa shape index (κ3) is 4.13. The maximum atomic E-state index is 13.2. The highest BCUT2D eigenvalue weighted by Gasteiger charge is 2.20. The molecule has 106 valence electrons. The first-order chi connectivity index (χ1) is 8.99. The number of alkyl halides is 2. The van der Waals surface area contributed by atoms with E-state index in [9.17, 15) is 18.0 Å². The number of rotatable bonds is 6. The first-order valence-electron chi connectivity index (χ1n) is 5.60. The fraction of sp³-hybridized carbons (Fsp3) is 0.417. The minimum absolute atomic E-state index is 0.00284. The van der Waals surface area contributed by atoms with Gasteiger partial charge in [-0.05, 0) is 18.2 Å². The van der Waals surface area contributed by atoms with Crippen molar-refractivity contribution >= 4 is 5.91 Å². The van der Waals surface area contributed by atoms with Crippen LogP contribution in [0.5, 0.6) is 5.75 Å². The van der Waals surface area contributed by atoms with Crippen LogP contribution in [-0.4, -0.2) is 44.0 Å². The molecule has 19 heavy (non-hydrogen) atoms. The quantitative estimate of drug-likeness (QED) is 0.856. The predicted octanol–water partition coefficient (Wildman–Crippen LogP) is 1.50. The molecule has 1 rings (SSSR count). The van der Waals surface area contributed by atoms with Gasteiger partial charge in [-0.3, -0.25) is 4.79 Å². The molecule has 1 aromatic rings. The zero-order valence-electron chi connectivity index (χ0n) is 10.4. The summed E-state index contributed by atoms with van der Waals surface area (Å²) >= 11 is 0. The lowest BCUT2D eigenvalue weighted by Crippen LogP contribution is -2.38. The van der Waals surface area contributed by atoms with Crippen LogP contribution < -0.4 is 10.5 Å². The maximum absolute atomic E-state index is 13.2. The van der Waals surface area contributed by atoms with E-state index in [2.05, 4.69) is 0 Å². The fourth-order valence-electron chi connectivity index (χ4n) is 1.57. The van der Waals surface area contributed by atoms with Crippen molar-refractivity contribution in [3.8, 4) is 5.75 Å². The third-order valence-electron chi connectivity index (χ3n) is 2.44. The van der Waals surface area contributed by atoms with Crippen LogP contribution in [-0.2, 0) is 0 Å². The number of nitrogens with two attached hydrogens (primary N) is 1. The van der Waals surface area contributed by atoms with Gasteiger partial charge in [-0.1, -0.05) is 0 Å². The fourth-order valence-corrected chi connectivity index (χ4v) is 1.57. The number of carbonyl (C=O) groups excluding carboxylic acids is 1. The summed E-state index contributed by atoms with van der Waals surface area (Å²) in [4.78, 5) is 12.9. The number of hydrogen-bond acceptors (Lipinski definition) is 3. The van der Waals surface area contributed by atoms with Crippen molar-refractivity contribution in [1.29, 1.82) is 0 Å². The van der Waals surface area contributed by atoms with Crippen molar-refractivity contribution in [2.75, 3.05) is 26.7 Å². The molecule has 0 heterocycles. The van der Waals surface area contributed by atoms with Crippen LogP contribution in [0.2, 0.25) is 0 Å². The van der Waals surface area contributed by atoms with Crippen molar-refractivity contribution in [3.05, 3.63) is 29.6 Å². The Morgan fingerprint density at radius 2 is 2.16 bits per heavy atom. The number of amides is 1. The van der Waals surface area contributed by atoms with Gasteiger partial charge in [0.05, 0.1) is 13.7 Å². The van der Waals surface area contributed by atoms with Crippen LogP contribution in [0.15, 0.2) is 18.2 Å². The van der Waals surface area contributed by atoms with E-state index in [-0.39, 0.29) is 24.4 Å². The highest BCUT2D eigenvalue weighted by atomic mass is 19.3. The van der Waals surface area contributed by atoms with Crippen molar-refractivity contribution in [1.82, 2.24) is 4.90 Å². The number of ether oxygens (including phenoxy) is 1. The Hall–Kier alpha value is -1.76. The van der Waals surface area contributed by atoms with E-state index in [0.717, 1.165) is 11.0 Å². The number of carbonyl (C=O) groups is 1. The summed E-state index contributed by atoms with van der Waals surface area (Å²) in [5.74, 6) is -1.38. The first-order valence-corrected chi connectivity index (χ1v) is 5.60. The Morgan fingerprint density at radius 1 is 1.47 bits per heavy atom. The summed E-state index contributed by atoms with van der Waals surface area (Å²) in [5.41, 5.74) is 5.35. The molecule has 0 aromatic heterocycles. The van der Waals surface area contributed by atoms with Gasteiger partial charge in [-0.25, -0.2) is 13.2 Å². The van der Waals surface area contributed by atoms with Gasteiger partial charge in [0.15, 0.2) is 11.6 Å². The molecule has 7 heteroatoms. The maximum Gasteiger partial charge on any atom is 0.255 e. The molecule has 0 saturated heterocycles. The number of nitrogens with zero attached hydrogens (tertiary/aromatic N) is 1. The Balaban J connectivity index is 2.95. The van der Waals surface area contributed by atoms with E-state index in [1.54, 1.807) is 0 Å². The summed E-state index contributed by atoms with van der Waals surface area (Å²) < 4.78 is 42.7. The van der Waals surface area contributed by atoms with Gasteiger partial charge in [-0.2, -0.15) is 0 Å². The van der Waals surface area contributed by atoms with Crippen LogP contribution in [0.4, 0.5) is 13.2 Å². The number of methoxy groups -OCH3 is 1. The van der Waals surface area contributed by atoms with Crippen molar-refractivity contribution < 1.29 is 22.7 Å². The molecule has 0 unspecified atom stereocenters. The molecule has 4 nitrogen and oxygen atoms in total. The normalized spacial score (nSPS) is 10.6. The van der Waals surface area contributed by atoms with E-state index in [1.807, 2.05) is 0 Å². The van der Waals surface area contributed by atoms with Gasteiger partial charge < -0.3 is 15.4 Å². The highest BCUT2D eigenvalue weighted by molar-refractivity contribution is 5.94. The number of halogens is 3. The molecular weight excluding hydrogens is 261 g/mol. The van der Waals surface area contributed by atoms with E-state index < -0.39 is 24.7 Å². The molecule has 0 saturated carbocycles. The van der Waals surface area contributed by atoms with E-state index in [4.69, 9.17) is 10.5 Å². The van der Waals surface area contributed by atoms with Gasteiger partial charge in [0, 0.05) is 18.7 Å². The van der Waals surface area contributed by atoms with Gasteiger partial charge in [-0.15, -0.1) is 0 Å². The molecule has 2 N–H and O–H groups in total. The van der Waals surface area contributed by atoms with Gasteiger partial charge in [0.25, 0.3) is 12.3 Å². The molecular formula is C12H15F3N2O2. The molecule has 0 atom stereocenters. The van der Waals surface area contributed by atoms with E-state index in [0.29, 0.717) is 0 Å². The van der Waals surface area contributed by atoms with E-state index in [1.165, 1.54) is 19.2 Å². The summed E-state index contributed by atoms with van der Waals surface area (Å²) in [6.45, 7) is -0.643. The summed E-state index contributed by atoms with van der Waals surface area (Å²) in [7, 11) is 1.25. The lowest BCUT2D eigenvalue weighted by molar-refractivity contribution is 0.0562. The van der Waals surface area contributed by atoms with E-state index >= 15 is 0 Å². The monoisotopic (exact) mass is 276 g/mol. The third-order valence-corrected chi connectivity index (χ3v) is 2.44. The van der Waals surface area contributed by atoms with Crippen molar-refractivity contribution in [3.63, 3.8) is 0 Å². The Kier molecular flexibility index (Phi) is 5.62. The lowest BCUT2D eigenvalue weighted by Gasteiger charge is -2.21. The van der Waals surface area contributed by atoms with Crippen LogP contribution in [0, 0.1) is 5.82 Å². The Bertz CT molecular complexity index is 441. The molecule has 0 radical (unpaired) electrons. The molecule has 1 amide bonds. The van der Waals surface area contributed by atoms with Crippen LogP contribution >= 0.6 is 0 Å². The minimum Gasteiger partial charge on any atom is -0.494 e. The van der Waals surface area contributed by atoms with Crippen LogP contribution in [0.3, 0.4) is 0 Å². The second-order valence-corrected chi connectivity index (χ2v) is 3.78. The number of benzene rings is 1. The van der Waals surface area contributed by atoms with Crippen LogP contribution in [0.1, 0.15) is 10.4 Å². The van der Waals surface area contributed by atoms with Crippen molar-refractivity contribution in [2.45, 2.75) is 6.43 Å². The standard InChI is InChI=1S/C12H15F3N2O2/c1-19-10-6-8(2-3-9(10)13)12(18)17(5-4-16)7-11(14)15/h2-3,6,11H,4-5,7,16H2,1H3. The molecule has 0 aliphatic carbocycles. The first kappa shape index (κ1) is 15.3. The number of hydrogen-bond donors (Lipinski definition) is 1. The molecule has 1 aromatic carbocycles. The Labute approximate surface area is 108 Å². The van der Waals surface area contributed by atoms with Crippen molar-refractivity contribution in [2.24, 2.45) is 5.73 Å². The van der Waals surface area contributed by atoms with Gasteiger partial charge in [0.2, 0.25) is 0 Å². The SMILES string of the molecule is COc1cc(C(=O)N(CCN)CC(F)F)ccc1F. The second-order valence-electron chi connectivity index (χ2n) is 3.78.